The Morgan fingerprint density at radius 1 is 1.00 bits per heavy atom. The first-order valence-electron chi connectivity index (χ1n) is 5.47. The quantitative estimate of drug-likeness (QED) is 0.705. The predicted molar refractivity (Wildman–Crippen MR) is 61.7 cm³/mol. The lowest BCUT2D eigenvalue weighted by molar-refractivity contribution is 1.02. The van der Waals surface area contributed by atoms with Crippen molar-refractivity contribution in [2.75, 3.05) is 0 Å². The third kappa shape index (κ3) is 2.21. The monoisotopic (exact) mass is 199 g/mol. The summed E-state index contributed by atoms with van der Waals surface area (Å²) >= 11 is 0. The molecule has 0 unspecified atom stereocenters. The fourth-order valence-corrected chi connectivity index (χ4v) is 1.50. The van der Waals surface area contributed by atoms with Crippen LogP contribution in [0.3, 0.4) is 0 Å². The summed E-state index contributed by atoms with van der Waals surface area (Å²) in [5.74, 6) is 0.712. The minimum Gasteiger partial charge on any atom is -0.239 e. The molecule has 15 heavy (non-hydrogen) atoms. The first-order chi connectivity index (χ1) is 7.58. The topological polar surface area (TPSA) is 25.8 Å². The van der Waals surface area contributed by atoms with Crippen molar-refractivity contribution in [2.45, 2.75) is 20.8 Å². The molecule has 1 aromatic heterocycles. The van der Waals surface area contributed by atoms with E-state index in [-0.39, 0.29) is 0 Å². The first kappa shape index (κ1) is 8.60. The van der Waals surface area contributed by atoms with E-state index in [1.54, 1.807) is 0 Å². The van der Waals surface area contributed by atoms with Crippen molar-refractivity contribution in [3.8, 4) is 11.3 Å². The van der Waals surface area contributed by atoms with Crippen LogP contribution in [0.15, 0.2) is 30.3 Å². The third-order valence-corrected chi connectivity index (χ3v) is 2.23. The van der Waals surface area contributed by atoms with Gasteiger partial charge in [0.25, 0.3) is 0 Å². The van der Waals surface area contributed by atoms with Gasteiger partial charge in [-0.05, 0) is 26.8 Å². The fourth-order valence-electron chi connectivity index (χ4n) is 1.50. The molecule has 0 aliphatic carbocycles. The van der Waals surface area contributed by atoms with Gasteiger partial charge in [0.2, 0.25) is 0 Å². The van der Waals surface area contributed by atoms with Gasteiger partial charge >= 0.3 is 0 Å². The number of aromatic nitrogens is 2. The van der Waals surface area contributed by atoms with E-state index in [4.69, 9.17) is 1.37 Å². The molecule has 0 saturated carbocycles. The molecule has 2 nitrogen and oxygen atoms in total. The summed E-state index contributed by atoms with van der Waals surface area (Å²) in [7, 11) is 0. The van der Waals surface area contributed by atoms with Crippen LogP contribution in [0.25, 0.3) is 11.3 Å². The molecule has 0 fully saturated rings. The Bertz CT molecular complexity index is 518. The summed E-state index contributed by atoms with van der Waals surface area (Å²) in [5, 5.41) is 0. The minimum atomic E-state index is 0.412. The molecule has 0 atom stereocenters. The normalized spacial score (nSPS) is 11.3. The summed E-state index contributed by atoms with van der Waals surface area (Å²) in [5.41, 5.74) is 3.62. The van der Waals surface area contributed by atoms with Crippen molar-refractivity contribution in [3.63, 3.8) is 0 Å². The first-order valence-corrected chi connectivity index (χ1v) is 4.97. The Hall–Kier alpha value is -1.70. The predicted octanol–water partition coefficient (Wildman–Crippen LogP) is 3.07. The summed E-state index contributed by atoms with van der Waals surface area (Å²) in [6.45, 7) is 5.74. The smallest absolute Gasteiger partial charge is 0.126 e. The van der Waals surface area contributed by atoms with Gasteiger partial charge < -0.3 is 0 Å². The van der Waals surface area contributed by atoms with E-state index in [0.717, 1.165) is 11.3 Å². The van der Waals surface area contributed by atoms with Gasteiger partial charge in [0.15, 0.2) is 0 Å². The van der Waals surface area contributed by atoms with E-state index >= 15 is 0 Å². The average Bonchev–Trinajstić information content (AvgIpc) is 2.25. The number of aryl methyl sites for hydroxylation is 3. The van der Waals surface area contributed by atoms with Crippen LogP contribution in [0.5, 0.6) is 0 Å². The highest BCUT2D eigenvalue weighted by atomic mass is 14.9. The van der Waals surface area contributed by atoms with Crippen molar-refractivity contribution < 1.29 is 1.37 Å². The molecule has 0 radical (unpaired) electrons. The van der Waals surface area contributed by atoms with Crippen molar-refractivity contribution in [1.82, 2.24) is 9.97 Å². The second-order valence-corrected chi connectivity index (χ2v) is 3.70. The van der Waals surface area contributed by atoms with E-state index in [9.17, 15) is 0 Å². The number of hydrogen-bond acceptors (Lipinski definition) is 2. The van der Waals surface area contributed by atoms with Crippen LogP contribution < -0.4 is 0 Å². The second-order valence-electron chi connectivity index (χ2n) is 3.70. The lowest BCUT2D eigenvalue weighted by Gasteiger charge is -2.03. The maximum atomic E-state index is 7.96. The summed E-state index contributed by atoms with van der Waals surface area (Å²) < 4.78 is 7.96. The van der Waals surface area contributed by atoms with Gasteiger partial charge in [-0.3, -0.25) is 0 Å². The Labute approximate surface area is 91.4 Å². The van der Waals surface area contributed by atoms with Gasteiger partial charge in [-0.2, -0.15) is 0 Å². The molecule has 0 bridgehead atoms. The molecule has 76 valence electrons. The zero-order chi connectivity index (χ0) is 11.7. The Morgan fingerprint density at radius 2 is 1.67 bits per heavy atom. The molecular weight excluding hydrogens is 184 g/mol. The maximum absolute atomic E-state index is 7.96. The van der Waals surface area contributed by atoms with Gasteiger partial charge in [0.1, 0.15) is 5.82 Å². The zero-order valence-corrected chi connectivity index (χ0v) is 9.20. The summed E-state index contributed by atoms with van der Waals surface area (Å²) in [6.07, 6.45) is 0. The van der Waals surface area contributed by atoms with Crippen molar-refractivity contribution in [1.29, 1.82) is 0 Å². The maximum Gasteiger partial charge on any atom is 0.126 e. The number of hydrogen-bond donors (Lipinski definition) is 0. The molecule has 1 heterocycles. The molecule has 2 rings (SSSR count). The van der Waals surface area contributed by atoms with Crippen molar-refractivity contribution in [3.05, 3.63) is 47.4 Å². The summed E-state index contributed by atoms with van der Waals surface area (Å²) in [4.78, 5) is 8.51. The van der Waals surface area contributed by atoms with Crippen molar-refractivity contribution in [2.24, 2.45) is 0 Å². The molecule has 0 spiro atoms. The van der Waals surface area contributed by atoms with Gasteiger partial charge in [0.05, 0.1) is 7.06 Å². The van der Waals surface area contributed by atoms with Crippen LogP contribution in [-0.4, -0.2) is 9.97 Å². The highest BCUT2D eigenvalue weighted by Crippen LogP contribution is 2.18. The molecular formula is C13H14N2. The third-order valence-electron chi connectivity index (χ3n) is 2.23. The van der Waals surface area contributed by atoms with Crippen LogP contribution in [0.4, 0.5) is 0 Å². The van der Waals surface area contributed by atoms with Gasteiger partial charge in [-0.1, -0.05) is 29.8 Å². The van der Waals surface area contributed by atoms with Crippen LogP contribution >= 0.6 is 0 Å². The van der Waals surface area contributed by atoms with Gasteiger partial charge in [0, 0.05) is 11.3 Å². The summed E-state index contributed by atoms with van der Waals surface area (Å²) in [6, 6.07) is 8.46. The number of nitrogens with zero attached hydrogens (tertiary/aromatic N) is 2. The molecule has 2 aromatic rings. The fraction of sp³-hybridized carbons (Fsp3) is 0.231. The van der Waals surface area contributed by atoms with Crippen LogP contribution in [0.2, 0.25) is 0 Å². The van der Waals surface area contributed by atoms with Crippen LogP contribution in [0.1, 0.15) is 18.5 Å². The largest absolute Gasteiger partial charge is 0.239 e. The van der Waals surface area contributed by atoms with E-state index in [0.29, 0.717) is 17.6 Å². The lowest BCUT2D eigenvalue weighted by Crippen LogP contribution is -1.93. The van der Waals surface area contributed by atoms with E-state index in [1.165, 1.54) is 5.56 Å². The minimum absolute atomic E-state index is 0.412. The highest BCUT2D eigenvalue weighted by Gasteiger charge is 2.01. The SMILES string of the molecule is [2H]c1c(C)nc(C)nc1-c1ccc(C)cc1. The molecule has 1 aromatic carbocycles. The average molecular weight is 199 g/mol. The van der Waals surface area contributed by atoms with Crippen molar-refractivity contribution >= 4 is 0 Å². The number of rotatable bonds is 1. The highest BCUT2D eigenvalue weighted by molar-refractivity contribution is 5.59. The van der Waals surface area contributed by atoms with Crippen LogP contribution in [-0.2, 0) is 0 Å². The van der Waals surface area contributed by atoms with E-state index in [2.05, 4.69) is 9.97 Å². The molecule has 0 aliphatic rings. The zero-order valence-electron chi connectivity index (χ0n) is 10.2. The lowest BCUT2D eigenvalue weighted by atomic mass is 10.1. The Morgan fingerprint density at radius 3 is 2.33 bits per heavy atom. The van der Waals surface area contributed by atoms with E-state index < -0.39 is 0 Å². The second kappa shape index (κ2) is 3.81. The van der Waals surface area contributed by atoms with Gasteiger partial charge in [-0.15, -0.1) is 0 Å². The standard InChI is InChI=1S/C13H14N2/c1-9-4-6-12(7-5-9)13-8-10(2)14-11(3)15-13/h4-8H,1-3H3/i8D. The van der Waals surface area contributed by atoms with Crippen LogP contribution in [0, 0.1) is 20.8 Å². The molecule has 0 amide bonds. The molecule has 0 N–H and O–H groups in total. The number of benzene rings is 1. The molecule has 0 aliphatic heterocycles. The molecule has 0 saturated heterocycles. The van der Waals surface area contributed by atoms with E-state index in [1.807, 2.05) is 45.0 Å². The van der Waals surface area contributed by atoms with Gasteiger partial charge in [-0.25, -0.2) is 9.97 Å². The Balaban J connectivity index is 2.59. The molecule has 2 heteroatoms. The Kier molecular flexibility index (Phi) is 2.18.